The lowest BCUT2D eigenvalue weighted by molar-refractivity contribution is 0.197. The van der Waals surface area contributed by atoms with Gasteiger partial charge in [-0.3, -0.25) is 0 Å². The standard InChI is InChI=1S/C22H28N2O2/c1-26-21-12-10-19(11-13-21)20-9-5-6-16-24(17-20)22(25)23-15-14-18-7-3-2-4-8-18/h2-4,7-8,10-13,20H,5-6,9,14-17H2,1H3,(H,23,25). The molecule has 138 valence electrons. The van der Waals surface area contributed by atoms with Crippen molar-refractivity contribution in [1.82, 2.24) is 10.2 Å². The summed E-state index contributed by atoms with van der Waals surface area (Å²) in [6.07, 6.45) is 4.21. The molecule has 1 aliphatic heterocycles. The fourth-order valence-corrected chi connectivity index (χ4v) is 3.54. The summed E-state index contributed by atoms with van der Waals surface area (Å²) in [6.45, 7) is 2.29. The number of carbonyl (C=O) groups is 1. The maximum absolute atomic E-state index is 12.6. The van der Waals surface area contributed by atoms with Crippen molar-refractivity contribution in [3.8, 4) is 5.75 Å². The quantitative estimate of drug-likeness (QED) is 0.875. The van der Waals surface area contributed by atoms with Crippen molar-refractivity contribution in [2.45, 2.75) is 31.6 Å². The summed E-state index contributed by atoms with van der Waals surface area (Å²) in [7, 11) is 1.68. The van der Waals surface area contributed by atoms with Gasteiger partial charge in [-0.05, 0) is 42.5 Å². The van der Waals surface area contributed by atoms with Crippen LogP contribution in [0.1, 0.15) is 36.3 Å². The van der Waals surface area contributed by atoms with Gasteiger partial charge in [-0.25, -0.2) is 4.79 Å². The van der Waals surface area contributed by atoms with E-state index in [1.54, 1.807) is 7.11 Å². The predicted molar refractivity (Wildman–Crippen MR) is 105 cm³/mol. The molecule has 0 aliphatic carbocycles. The maximum Gasteiger partial charge on any atom is 0.317 e. The Kier molecular flexibility index (Phi) is 6.53. The summed E-state index contributed by atoms with van der Waals surface area (Å²) in [5.74, 6) is 1.26. The number of rotatable bonds is 5. The van der Waals surface area contributed by atoms with E-state index in [9.17, 15) is 4.79 Å². The molecule has 0 bridgehead atoms. The highest BCUT2D eigenvalue weighted by atomic mass is 16.5. The minimum atomic E-state index is 0.0568. The average Bonchev–Trinajstić information content (AvgIpc) is 2.95. The van der Waals surface area contributed by atoms with Crippen molar-refractivity contribution >= 4 is 6.03 Å². The van der Waals surface area contributed by atoms with Gasteiger partial charge in [0.05, 0.1) is 7.11 Å². The lowest BCUT2D eigenvalue weighted by Crippen LogP contribution is -2.42. The van der Waals surface area contributed by atoms with Gasteiger partial charge in [0, 0.05) is 25.6 Å². The Labute approximate surface area is 156 Å². The SMILES string of the molecule is COc1ccc(C2CCCCN(C(=O)NCCc3ccccc3)C2)cc1. The first-order valence-electron chi connectivity index (χ1n) is 9.47. The number of carbonyl (C=O) groups excluding carboxylic acids is 1. The molecule has 0 saturated carbocycles. The van der Waals surface area contributed by atoms with E-state index in [4.69, 9.17) is 4.74 Å². The normalized spacial score (nSPS) is 17.4. The van der Waals surface area contributed by atoms with Crippen LogP contribution < -0.4 is 10.1 Å². The Morgan fingerprint density at radius 2 is 1.88 bits per heavy atom. The van der Waals surface area contributed by atoms with Gasteiger partial charge in [0.15, 0.2) is 0 Å². The van der Waals surface area contributed by atoms with Gasteiger partial charge in [0.1, 0.15) is 5.75 Å². The molecule has 0 aromatic heterocycles. The lowest BCUT2D eigenvalue weighted by Gasteiger charge is -2.25. The molecule has 1 unspecified atom stereocenters. The number of hydrogen-bond donors (Lipinski definition) is 1. The molecule has 4 heteroatoms. The van der Waals surface area contributed by atoms with Crippen LogP contribution in [-0.2, 0) is 6.42 Å². The van der Waals surface area contributed by atoms with Gasteiger partial charge in [-0.2, -0.15) is 0 Å². The molecule has 1 saturated heterocycles. The highest BCUT2D eigenvalue weighted by Crippen LogP contribution is 2.27. The van der Waals surface area contributed by atoms with Crippen molar-refractivity contribution in [3.05, 3.63) is 65.7 Å². The molecule has 1 fully saturated rings. The van der Waals surface area contributed by atoms with Crippen molar-refractivity contribution in [3.63, 3.8) is 0 Å². The van der Waals surface area contributed by atoms with E-state index >= 15 is 0 Å². The summed E-state index contributed by atoms with van der Waals surface area (Å²) in [6, 6.07) is 18.6. The molecule has 26 heavy (non-hydrogen) atoms. The van der Waals surface area contributed by atoms with Crippen LogP contribution in [0.4, 0.5) is 4.79 Å². The highest BCUT2D eigenvalue weighted by Gasteiger charge is 2.23. The van der Waals surface area contributed by atoms with Crippen LogP contribution in [0.15, 0.2) is 54.6 Å². The van der Waals surface area contributed by atoms with Crippen LogP contribution in [0.25, 0.3) is 0 Å². The molecule has 0 spiro atoms. The molecule has 2 aromatic rings. The second kappa shape index (κ2) is 9.27. The van der Waals surface area contributed by atoms with Gasteiger partial charge >= 0.3 is 6.03 Å². The van der Waals surface area contributed by atoms with E-state index in [0.717, 1.165) is 44.5 Å². The number of urea groups is 1. The molecule has 2 aromatic carbocycles. The summed E-state index contributed by atoms with van der Waals surface area (Å²) in [5, 5.41) is 3.09. The lowest BCUT2D eigenvalue weighted by atomic mass is 9.94. The van der Waals surface area contributed by atoms with Crippen LogP contribution in [-0.4, -0.2) is 37.7 Å². The number of methoxy groups -OCH3 is 1. The van der Waals surface area contributed by atoms with Crippen LogP contribution in [0, 0.1) is 0 Å². The number of nitrogens with zero attached hydrogens (tertiary/aromatic N) is 1. The van der Waals surface area contributed by atoms with E-state index in [0.29, 0.717) is 12.5 Å². The summed E-state index contributed by atoms with van der Waals surface area (Å²) in [4.78, 5) is 14.6. The molecule has 1 atom stereocenters. The van der Waals surface area contributed by atoms with Crippen molar-refractivity contribution < 1.29 is 9.53 Å². The number of nitrogens with one attached hydrogen (secondary N) is 1. The number of hydrogen-bond acceptors (Lipinski definition) is 2. The van der Waals surface area contributed by atoms with E-state index in [1.165, 1.54) is 11.1 Å². The Hall–Kier alpha value is -2.49. The third-order valence-corrected chi connectivity index (χ3v) is 5.08. The predicted octanol–water partition coefficient (Wildman–Crippen LogP) is 4.22. The Bertz CT molecular complexity index is 685. The maximum atomic E-state index is 12.6. The van der Waals surface area contributed by atoms with E-state index in [-0.39, 0.29) is 6.03 Å². The monoisotopic (exact) mass is 352 g/mol. The molecular formula is C22H28N2O2. The Morgan fingerprint density at radius 1 is 1.12 bits per heavy atom. The molecule has 1 N–H and O–H groups in total. The highest BCUT2D eigenvalue weighted by molar-refractivity contribution is 5.74. The van der Waals surface area contributed by atoms with Crippen molar-refractivity contribution in [2.75, 3.05) is 26.7 Å². The number of benzene rings is 2. The molecule has 2 amide bonds. The second-order valence-electron chi connectivity index (χ2n) is 6.88. The fraction of sp³-hybridized carbons (Fsp3) is 0.409. The van der Waals surface area contributed by atoms with Crippen LogP contribution >= 0.6 is 0 Å². The third-order valence-electron chi connectivity index (χ3n) is 5.08. The molecule has 4 nitrogen and oxygen atoms in total. The van der Waals surface area contributed by atoms with E-state index < -0.39 is 0 Å². The summed E-state index contributed by atoms with van der Waals surface area (Å²) >= 11 is 0. The van der Waals surface area contributed by atoms with Gasteiger partial charge in [0.2, 0.25) is 0 Å². The first-order chi connectivity index (χ1) is 12.8. The zero-order valence-electron chi connectivity index (χ0n) is 15.5. The zero-order chi connectivity index (χ0) is 18.2. The molecule has 3 rings (SSSR count). The smallest absolute Gasteiger partial charge is 0.317 e. The number of amides is 2. The third kappa shape index (κ3) is 5.01. The van der Waals surface area contributed by atoms with Gasteiger partial charge < -0.3 is 15.0 Å². The molecular weight excluding hydrogens is 324 g/mol. The largest absolute Gasteiger partial charge is 0.497 e. The minimum absolute atomic E-state index is 0.0568. The van der Waals surface area contributed by atoms with Gasteiger partial charge in [0.25, 0.3) is 0 Å². The van der Waals surface area contributed by atoms with Crippen molar-refractivity contribution in [1.29, 1.82) is 0 Å². The van der Waals surface area contributed by atoms with Crippen molar-refractivity contribution in [2.24, 2.45) is 0 Å². The number of ether oxygens (including phenoxy) is 1. The summed E-state index contributed by atoms with van der Waals surface area (Å²) < 4.78 is 5.25. The topological polar surface area (TPSA) is 41.6 Å². The molecule has 1 aliphatic rings. The van der Waals surface area contributed by atoms with Gasteiger partial charge in [-0.15, -0.1) is 0 Å². The van der Waals surface area contributed by atoms with Crippen LogP contribution in [0.2, 0.25) is 0 Å². The Morgan fingerprint density at radius 3 is 2.62 bits per heavy atom. The zero-order valence-corrected chi connectivity index (χ0v) is 15.5. The fourth-order valence-electron chi connectivity index (χ4n) is 3.54. The second-order valence-corrected chi connectivity index (χ2v) is 6.88. The molecule has 0 radical (unpaired) electrons. The molecule has 1 heterocycles. The number of likely N-dealkylation sites (tertiary alicyclic amines) is 1. The van der Waals surface area contributed by atoms with Gasteiger partial charge in [-0.1, -0.05) is 48.9 Å². The summed E-state index contributed by atoms with van der Waals surface area (Å²) in [5.41, 5.74) is 2.54. The van der Waals surface area contributed by atoms with Crippen LogP contribution in [0.3, 0.4) is 0 Å². The van der Waals surface area contributed by atoms with E-state index in [2.05, 4.69) is 29.6 Å². The first kappa shape index (κ1) is 18.3. The first-order valence-corrected chi connectivity index (χ1v) is 9.47. The average molecular weight is 352 g/mol. The van der Waals surface area contributed by atoms with E-state index in [1.807, 2.05) is 35.2 Å². The van der Waals surface area contributed by atoms with Crippen LogP contribution in [0.5, 0.6) is 5.75 Å². The minimum Gasteiger partial charge on any atom is -0.497 e. The Balaban J connectivity index is 1.55.